The molecule has 1 nitrogen and oxygen atoms in total. The molecule has 1 unspecified atom stereocenters. The standard InChI is InChI=1S/C6H14GeN/c1-6(4-7)5-8(2)3/h6H,4-5H2,1-3H3. The van der Waals surface area contributed by atoms with Crippen molar-refractivity contribution in [1.29, 1.82) is 0 Å². The fourth-order valence-electron chi connectivity index (χ4n) is 0.688. The minimum absolute atomic E-state index is 0.852. The van der Waals surface area contributed by atoms with Crippen molar-refractivity contribution >= 4 is 16.5 Å². The first-order valence-corrected chi connectivity index (χ1v) is 4.44. The Hall–Kier alpha value is 0.503. The molecule has 0 spiro atoms. The first-order chi connectivity index (χ1) is 3.66. The summed E-state index contributed by atoms with van der Waals surface area (Å²) in [5, 5.41) is 1.29. The average Bonchev–Trinajstić information content (AvgIpc) is 1.65. The summed E-state index contributed by atoms with van der Waals surface area (Å²) in [6.45, 7) is 3.50. The Morgan fingerprint density at radius 1 is 1.50 bits per heavy atom. The van der Waals surface area contributed by atoms with Crippen LogP contribution in [0.4, 0.5) is 0 Å². The van der Waals surface area contributed by atoms with Gasteiger partial charge < -0.3 is 0 Å². The van der Waals surface area contributed by atoms with Crippen LogP contribution < -0.4 is 0 Å². The molecule has 3 radical (unpaired) electrons. The van der Waals surface area contributed by atoms with Gasteiger partial charge in [-0.25, -0.2) is 0 Å². The fourth-order valence-corrected chi connectivity index (χ4v) is 0.959. The molecule has 0 heterocycles. The number of rotatable bonds is 3. The molecular formula is C6H14GeN. The molecule has 0 aliphatic rings. The van der Waals surface area contributed by atoms with Gasteiger partial charge in [-0.3, -0.25) is 0 Å². The summed E-state index contributed by atoms with van der Waals surface area (Å²) in [7, 11) is 4.23. The molecule has 8 heavy (non-hydrogen) atoms. The van der Waals surface area contributed by atoms with Crippen LogP contribution in [0.1, 0.15) is 6.92 Å². The van der Waals surface area contributed by atoms with Gasteiger partial charge in [0.05, 0.1) is 0 Å². The third-order valence-corrected chi connectivity index (χ3v) is 2.49. The van der Waals surface area contributed by atoms with Crippen LogP contribution in [0.2, 0.25) is 5.25 Å². The van der Waals surface area contributed by atoms with Crippen LogP contribution >= 0.6 is 0 Å². The van der Waals surface area contributed by atoms with Crippen molar-refractivity contribution in [3.8, 4) is 0 Å². The van der Waals surface area contributed by atoms with E-state index in [4.69, 9.17) is 0 Å². The first-order valence-electron chi connectivity index (χ1n) is 2.96. The Labute approximate surface area is 60.7 Å². The molecule has 1 atom stereocenters. The van der Waals surface area contributed by atoms with Crippen molar-refractivity contribution in [2.75, 3.05) is 20.6 Å². The molecule has 47 valence electrons. The number of hydrogen-bond donors (Lipinski definition) is 0. The summed E-state index contributed by atoms with van der Waals surface area (Å²) < 4.78 is 0. The van der Waals surface area contributed by atoms with Crippen LogP contribution in [-0.4, -0.2) is 42.1 Å². The zero-order valence-electron chi connectivity index (χ0n) is 5.94. The van der Waals surface area contributed by atoms with Gasteiger partial charge in [-0.05, 0) is 0 Å². The molecule has 0 rings (SSSR count). The molecule has 0 aromatic carbocycles. The second-order valence-corrected chi connectivity index (χ2v) is 3.43. The molecule has 0 aliphatic heterocycles. The van der Waals surface area contributed by atoms with Crippen molar-refractivity contribution in [3.05, 3.63) is 0 Å². The van der Waals surface area contributed by atoms with E-state index in [9.17, 15) is 0 Å². The molecule has 0 saturated heterocycles. The molecular weight excluding hydrogens is 159 g/mol. The van der Waals surface area contributed by atoms with Gasteiger partial charge in [-0.2, -0.15) is 0 Å². The number of hydrogen-bond acceptors (Lipinski definition) is 1. The van der Waals surface area contributed by atoms with E-state index in [1.807, 2.05) is 0 Å². The van der Waals surface area contributed by atoms with Gasteiger partial charge >= 0.3 is 60.1 Å². The average molecular weight is 173 g/mol. The van der Waals surface area contributed by atoms with Crippen LogP contribution in [-0.2, 0) is 0 Å². The predicted octanol–water partition coefficient (Wildman–Crippen LogP) is 0.771. The third kappa shape index (κ3) is 4.66. The Morgan fingerprint density at radius 3 is 2.12 bits per heavy atom. The van der Waals surface area contributed by atoms with E-state index < -0.39 is 0 Å². The Morgan fingerprint density at radius 2 is 2.00 bits per heavy atom. The fraction of sp³-hybridized carbons (Fsp3) is 1.00. The third-order valence-electron chi connectivity index (χ3n) is 1.03. The molecule has 0 N–H and O–H groups in total. The van der Waals surface area contributed by atoms with E-state index in [-0.39, 0.29) is 0 Å². The first kappa shape index (κ1) is 8.50. The van der Waals surface area contributed by atoms with Gasteiger partial charge in [0.1, 0.15) is 0 Å². The monoisotopic (exact) mass is 174 g/mol. The summed E-state index contributed by atoms with van der Waals surface area (Å²) in [6.07, 6.45) is 0. The Bertz CT molecular complexity index is 54.5. The minimum atomic E-state index is 0.852. The van der Waals surface area contributed by atoms with E-state index in [1.165, 1.54) is 11.8 Å². The van der Waals surface area contributed by atoms with Crippen molar-refractivity contribution in [2.45, 2.75) is 12.2 Å². The predicted molar refractivity (Wildman–Crippen MR) is 38.3 cm³/mol. The van der Waals surface area contributed by atoms with Crippen LogP contribution in [0.15, 0.2) is 0 Å². The van der Waals surface area contributed by atoms with Gasteiger partial charge in [-0.15, -0.1) is 0 Å². The second kappa shape index (κ2) is 4.39. The van der Waals surface area contributed by atoms with E-state index >= 15 is 0 Å². The van der Waals surface area contributed by atoms with Gasteiger partial charge in [0.2, 0.25) is 0 Å². The van der Waals surface area contributed by atoms with Crippen LogP contribution in [0.3, 0.4) is 0 Å². The maximum atomic E-state index is 2.28. The quantitative estimate of drug-likeness (QED) is 0.569. The van der Waals surface area contributed by atoms with Gasteiger partial charge in [0, 0.05) is 0 Å². The molecule has 0 saturated carbocycles. The van der Waals surface area contributed by atoms with Gasteiger partial charge in [0.25, 0.3) is 0 Å². The van der Waals surface area contributed by atoms with Crippen LogP contribution in [0, 0.1) is 5.92 Å². The summed E-state index contributed by atoms with van der Waals surface area (Å²) in [4.78, 5) is 2.23. The molecule has 2 heteroatoms. The summed E-state index contributed by atoms with van der Waals surface area (Å²) in [6, 6.07) is 0. The second-order valence-electron chi connectivity index (χ2n) is 2.57. The molecule has 0 bridgehead atoms. The van der Waals surface area contributed by atoms with Gasteiger partial charge in [-0.1, -0.05) is 0 Å². The van der Waals surface area contributed by atoms with Crippen LogP contribution in [0.25, 0.3) is 0 Å². The summed E-state index contributed by atoms with van der Waals surface area (Å²) in [5.41, 5.74) is 0. The van der Waals surface area contributed by atoms with E-state index in [0.717, 1.165) is 5.92 Å². The maximum absolute atomic E-state index is 2.28. The van der Waals surface area contributed by atoms with E-state index in [2.05, 4.69) is 42.4 Å². The zero-order chi connectivity index (χ0) is 6.57. The molecule has 0 amide bonds. The van der Waals surface area contributed by atoms with Crippen molar-refractivity contribution in [3.63, 3.8) is 0 Å². The summed E-state index contributed by atoms with van der Waals surface area (Å²) >= 11 is 2.23. The Balaban J connectivity index is 3.10. The molecule has 0 aromatic rings. The molecule has 0 aliphatic carbocycles. The van der Waals surface area contributed by atoms with Crippen molar-refractivity contribution in [2.24, 2.45) is 5.92 Å². The molecule has 0 aromatic heterocycles. The van der Waals surface area contributed by atoms with Crippen LogP contribution in [0.5, 0.6) is 0 Å². The van der Waals surface area contributed by atoms with Crippen molar-refractivity contribution < 1.29 is 0 Å². The Kier molecular flexibility index (Phi) is 4.66. The van der Waals surface area contributed by atoms with E-state index in [0.29, 0.717) is 0 Å². The topological polar surface area (TPSA) is 3.24 Å². The number of nitrogens with zero attached hydrogens (tertiary/aromatic N) is 1. The summed E-state index contributed by atoms with van der Waals surface area (Å²) in [5.74, 6) is 0.852. The van der Waals surface area contributed by atoms with Crippen molar-refractivity contribution in [1.82, 2.24) is 4.90 Å². The molecule has 0 fully saturated rings. The van der Waals surface area contributed by atoms with E-state index in [1.54, 1.807) is 0 Å². The van der Waals surface area contributed by atoms with Gasteiger partial charge in [0.15, 0.2) is 0 Å². The zero-order valence-corrected chi connectivity index (χ0v) is 8.04. The normalized spacial score (nSPS) is 14.6. The SMILES string of the molecule is CC([CH2][Ge])CN(C)C.